The number of nitrogens with one attached hydrogen (secondary N) is 1. The number of hydrogen-bond acceptors (Lipinski definition) is 6. The lowest BCUT2D eigenvalue weighted by molar-refractivity contribution is -0.116. The number of thiazole rings is 1. The van der Waals surface area contributed by atoms with E-state index in [1.54, 1.807) is 17.5 Å². The van der Waals surface area contributed by atoms with Crippen LogP contribution in [0.2, 0.25) is 0 Å². The Labute approximate surface area is 120 Å². The van der Waals surface area contributed by atoms with E-state index in [0.29, 0.717) is 17.4 Å². The number of aryl methyl sites for hydroxylation is 2. The van der Waals surface area contributed by atoms with Crippen molar-refractivity contribution in [2.24, 2.45) is 5.73 Å². The monoisotopic (exact) mass is 292 g/mol. The van der Waals surface area contributed by atoms with E-state index in [9.17, 15) is 4.79 Å². The summed E-state index contributed by atoms with van der Waals surface area (Å²) in [6.07, 6.45) is 6.16. The molecule has 0 unspecified atom stereocenters. The van der Waals surface area contributed by atoms with Crippen LogP contribution in [0.15, 0.2) is 6.20 Å². The molecule has 20 heavy (non-hydrogen) atoms. The molecule has 1 amide bonds. The summed E-state index contributed by atoms with van der Waals surface area (Å²) >= 11 is 1.58. The van der Waals surface area contributed by atoms with Crippen LogP contribution in [0.5, 0.6) is 0 Å². The first-order valence-electron chi connectivity index (χ1n) is 6.62. The van der Waals surface area contributed by atoms with Gasteiger partial charge in [0.05, 0.1) is 17.6 Å². The van der Waals surface area contributed by atoms with Crippen LogP contribution >= 0.6 is 11.3 Å². The Morgan fingerprint density at radius 1 is 1.45 bits per heavy atom. The number of carbonyl (C=O) groups is 1. The van der Waals surface area contributed by atoms with Gasteiger partial charge in [-0.05, 0) is 25.7 Å². The minimum Gasteiger partial charge on any atom is -0.325 e. The Morgan fingerprint density at radius 3 is 3.05 bits per heavy atom. The van der Waals surface area contributed by atoms with Gasteiger partial charge in [-0.2, -0.15) is 0 Å². The number of fused-ring (bicyclic) bond motifs is 1. The molecule has 0 aliphatic heterocycles. The van der Waals surface area contributed by atoms with Gasteiger partial charge in [-0.1, -0.05) is 5.21 Å². The van der Waals surface area contributed by atoms with Gasteiger partial charge in [-0.25, -0.2) is 9.67 Å². The van der Waals surface area contributed by atoms with Crippen molar-refractivity contribution < 1.29 is 4.79 Å². The highest BCUT2D eigenvalue weighted by molar-refractivity contribution is 7.15. The molecule has 1 aliphatic carbocycles. The maximum absolute atomic E-state index is 11.9. The largest absolute Gasteiger partial charge is 0.325 e. The van der Waals surface area contributed by atoms with Crippen LogP contribution in [-0.4, -0.2) is 25.9 Å². The lowest BCUT2D eigenvalue weighted by Gasteiger charge is -2.06. The summed E-state index contributed by atoms with van der Waals surface area (Å²) in [6.45, 7) is 0.443. The van der Waals surface area contributed by atoms with Crippen molar-refractivity contribution in [2.45, 2.75) is 38.8 Å². The highest BCUT2D eigenvalue weighted by Gasteiger charge is 2.16. The Bertz CT molecular complexity index is 596. The molecule has 2 aromatic heterocycles. The molecule has 2 heterocycles. The summed E-state index contributed by atoms with van der Waals surface area (Å²) < 4.78 is 1.48. The molecule has 0 bridgehead atoms. The van der Waals surface area contributed by atoms with E-state index in [-0.39, 0.29) is 12.5 Å². The van der Waals surface area contributed by atoms with Crippen LogP contribution in [0.3, 0.4) is 0 Å². The zero-order valence-electron chi connectivity index (χ0n) is 11.0. The predicted molar refractivity (Wildman–Crippen MR) is 75.3 cm³/mol. The topological polar surface area (TPSA) is 98.7 Å². The van der Waals surface area contributed by atoms with E-state index < -0.39 is 0 Å². The molecule has 106 valence electrons. The van der Waals surface area contributed by atoms with E-state index in [0.717, 1.165) is 18.5 Å². The van der Waals surface area contributed by atoms with Crippen molar-refractivity contribution in [3.8, 4) is 0 Å². The van der Waals surface area contributed by atoms with Crippen molar-refractivity contribution in [3.05, 3.63) is 22.5 Å². The van der Waals surface area contributed by atoms with Crippen LogP contribution in [0, 0.1) is 0 Å². The molecule has 0 saturated carbocycles. The van der Waals surface area contributed by atoms with E-state index in [1.807, 2.05) is 0 Å². The lowest BCUT2D eigenvalue weighted by Crippen LogP contribution is -2.19. The second-order valence-electron chi connectivity index (χ2n) is 4.76. The second kappa shape index (κ2) is 5.68. The summed E-state index contributed by atoms with van der Waals surface area (Å²) in [5.74, 6) is -0.149. The zero-order valence-corrected chi connectivity index (χ0v) is 11.8. The number of nitrogens with two attached hydrogens (primary N) is 1. The molecule has 7 nitrogen and oxygen atoms in total. The van der Waals surface area contributed by atoms with E-state index >= 15 is 0 Å². The van der Waals surface area contributed by atoms with Gasteiger partial charge in [0.25, 0.3) is 0 Å². The second-order valence-corrected chi connectivity index (χ2v) is 5.84. The maximum Gasteiger partial charge on any atom is 0.247 e. The fourth-order valence-corrected chi connectivity index (χ4v) is 3.29. The third kappa shape index (κ3) is 2.86. The van der Waals surface area contributed by atoms with Gasteiger partial charge >= 0.3 is 0 Å². The minimum atomic E-state index is -0.149. The molecule has 0 atom stereocenters. The molecule has 0 aromatic carbocycles. The SMILES string of the molecule is NCc1cn(CC(=O)Nc2nc3c(s2)CCCC3)nn1. The highest BCUT2D eigenvalue weighted by Crippen LogP contribution is 2.29. The van der Waals surface area contributed by atoms with Crippen molar-refractivity contribution in [1.29, 1.82) is 0 Å². The fraction of sp³-hybridized carbons (Fsp3) is 0.500. The van der Waals surface area contributed by atoms with Gasteiger partial charge in [0.2, 0.25) is 5.91 Å². The lowest BCUT2D eigenvalue weighted by atomic mass is 10.0. The third-order valence-corrected chi connectivity index (χ3v) is 4.27. The van der Waals surface area contributed by atoms with Crippen molar-refractivity contribution in [3.63, 3.8) is 0 Å². The molecule has 3 rings (SSSR count). The van der Waals surface area contributed by atoms with E-state index in [1.165, 1.54) is 22.4 Å². The first kappa shape index (κ1) is 13.2. The number of amides is 1. The Kier molecular flexibility index (Phi) is 3.75. The molecule has 0 saturated heterocycles. The first-order valence-corrected chi connectivity index (χ1v) is 7.44. The Balaban J connectivity index is 1.62. The highest BCUT2D eigenvalue weighted by atomic mass is 32.1. The predicted octanol–water partition coefficient (Wildman–Crippen LogP) is 0.711. The molecule has 3 N–H and O–H groups in total. The first-order chi connectivity index (χ1) is 9.74. The summed E-state index contributed by atoms with van der Waals surface area (Å²) in [5.41, 5.74) is 7.26. The van der Waals surface area contributed by atoms with Gasteiger partial charge < -0.3 is 11.1 Å². The molecule has 0 spiro atoms. The normalized spacial score (nSPS) is 14.1. The van der Waals surface area contributed by atoms with Gasteiger partial charge in [-0.3, -0.25) is 4.79 Å². The van der Waals surface area contributed by atoms with E-state index in [2.05, 4.69) is 20.6 Å². The number of carbonyl (C=O) groups excluding carboxylic acids is 1. The van der Waals surface area contributed by atoms with Crippen molar-refractivity contribution in [2.75, 3.05) is 5.32 Å². The van der Waals surface area contributed by atoms with Crippen LogP contribution in [-0.2, 0) is 30.7 Å². The standard InChI is InChI=1S/C12H16N6OS/c13-5-8-6-18(17-16-8)7-11(19)15-12-14-9-3-1-2-4-10(9)20-12/h6H,1-5,7,13H2,(H,14,15,19). The Hall–Kier alpha value is -1.80. The zero-order chi connectivity index (χ0) is 13.9. The number of nitrogens with zero attached hydrogens (tertiary/aromatic N) is 4. The Morgan fingerprint density at radius 2 is 2.30 bits per heavy atom. The fourth-order valence-electron chi connectivity index (χ4n) is 2.22. The smallest absolute Gasteiger partial charge is 0.247 e. The van der Waals surface area contributed by atoms with Gasteiger partial charge in [0, 0.05) is 11.4 Å². The van der Waals surface area contributed by atoms with Crippen LogP contribution in [0.25, 0.3) is 0 Å². The minimum absolute atomic E-state index is 0.122. The summed E-state index contributed by atoms with van der Waals surface area (Å²) in [6, 6.07) is 0. The molecule has 0 fully saturated rings. The van der Waals surface area contributed by atoms with Crippen LogP contribution < -0.4 is 11.1 Å². The molecule has 2 aromatic rings. The summed E-state index contributed by atoms with van der Waals surface area (Å²) in [5, 5.41) is 11.2. The summed E-state index contributed by atoms with van der Waals surface area (Å²) in [4.78, 5) is 17.7. The van der Waals surface area contributed by atoms with Crippen molar-refractivity contribution in [1.82, 2.24) is 20.0 Å². The van der Waals surface area contributed by atoms with E-state index in [4.69, 9.17) is 5.73 Å². The summed E-state index contributed by atoms with van der Waals surface area (Å²) in [7, 11) is 0. The van der Waals surface area contributed by atoms with Gasteiger partial charge in [-0.15, -0.1) is 16.4 Å². The molecule has 0 radical (unpaired) electrons. The quantitative estimate of drug-likeness (QED) is 0.864. The third-order valence-electron chi connectivity index (χ3n) is 3.19. The number of aromatic nitrogens is 4. The molecular formula is C12H16N6OS. The number of rotatable bonds is 4. The molecule has 8 heteroatoms. The van der Waals surface area contributed by atoms with Gasteiger partial charge in [0.15, 0.2) is 5.13 Å². The van der Waals surface area contributed by atoms with Crippen LogP contribution in [0.1, 0.15) is 29.1 Å². The van der Waals surface area contributed by atoms with Crippen LogP contribution in [0.4, 0.5) is 5.13 Å². The van der Waals surface area contributed by atoms with Crippen molar-refractivity contribution >= 4 is 22.4 Å². The number of hydrogen-bond donors (Lipinski definition) is 2. The molecule has 1 aliphatic rings. The maximum atomic E-state index is 11.9. The average Bonchev–Trinajstić information content (AvgIpc) is 3.04. The average molecular weight is 292 g/mol. The number of anilines is 1. The molecular weight excluding hydrogens is 276 g/mol. The van der Waals surface area contributed by atoms with Gasteiger partial charge in [0.1, 0.15) is 6.54 Å².